The number of rotatable bonds is 5. The monoisotopic (exact) mass is 361 g/mol. The van der Waals surface area contributed by atoms with Crippen molar-refractivity contribution in [3.05, 3.63) is 58.5 Å². The maximum atomic E-state index is 6.08. The zero-order valence-electron chi connectivity index (χ0n) is 12.9. The molecule has 0 fully saturated rings. The molecule has 7 heteroatoms. The van der Waals surface area contributed by atoms with E-state index in [0.717, 1.165) is 24.9 Å². The number of hydrogen-bond acceptors (Lipinski definition) is 5. The Labute approximate surface area is 150 Å². The number of nitrogens with zero attached hydrogens (tertiary/aromatic N) is 3. The van der Waals surface area contributed by atoms with E-state index in [1.54, 1.807) is 0 Å². The molecular formula is C17H17Cl2N5. The van der Waals surface area contributed by atoms with Gasteiger partial charge in [0, 0.05) is 5.69 Å². The van der Waals surface area contributed by atoms with Gasteiger partial charge in [-0.3, -0.25) is 4.99 Å². The number of aliphatic imine (C=N–C) groups is 1. The van der Waals surface area contributed by atoms with Crippen molar-refractivity contribution in [1.82, 2.24) is 9.97 Å². The van der Waals surface area contributed by atoms with Gasteiger partial charge in [0.05, 0.1) is 12.2 Å². The van der Waals surface area contributed by atoms with Gasteiger partial charge in [-0.2, -0.15) is 4.98 Å². The summed E-state index contributed by atoms with van der Waals surface area (Å²) < 4.78 is 0. The van der Waals surface area contributed by atoms with Gasteiger partial charge in [0.25, 0.3) is 0 Å². The summed E-state index contributed by atoms with van der Waals surface area (Å²) in [5.74, 6) is 1.10. The Kier molecular flexibility index (Phi) is 5.33. The second kappa shape index (κ2) is 7.64. The largest absolute Gasteiger partial charge is 0.384 e. The lowest BCUT2D eigenvalue weighted by Crippen LogP contribution is -2.18. The number of amidine groups is 1. The lowest BCUT2D eigenvalue weighted by molar-refractivity contribution is 0.619. The minimum atomic E-state index is 0.152. The van der Waals surface area contributed by atoms with Gasteiger partial charge in [0.2, 0.25) is 5.28 Å². The maximum Gasteiger partial charge on any atom is 0.224 e. The van der Waals surface area contributed by atoms with Crippen LogP contribution >= 0.6 is 23.2 Å². The molecule has 0 saturated heterocycles. The normalized spacial score (nSPS) is 16.8. The van der Waals surface area contributed by atoms with Gasteiger partial charge in [0.15, 0.2) is 5.82 Å². The van der Waals surface area contributed by atoms with Crippen LogP contribution in [0, 0.1) is 0 Å². The lowest BCUT2D eigenvalue weighted by atomic mass is 10.0. The van der Waals surface area contributed by atoms with Gasteiger partial charge < -0.3 is 11.1 Å². The molecule has 0 radical (unpaired) electrons. The number of halogens is 2. The van der Waals surface area contributed by atoms with Crippen LogP contribution in [0.1, 0.15) is 18.4 Å². The summed E-state index contributed by atoms with van der Waals surface area (Å²) in [7, 11) is 0. The number of anilines is 2. The molecule has 24 heavy (non-hydrogen) atoms. The van der Waals surface area contributed by atoms with E-state index >= 15 is 0 Å². The molecule has 0 aliphatic carbocycles. The summed E-state index contributed by atoms with van der Waals surface area (Å²) in [6.45, 7) is 0. The number of benzene rings is 1. The van der Waals surface area contributed by atoms with Crippen LogP contribution in [0.4, 0.5) is 11.5 Å². The fourth-order valence-electron chi connectivity index (χ4n) is 2.54. The minimum Gasteiger partial charge on any atom is -0.384 e. The molecule has 0 spiro atoms. The second-order valence-electron chi connectivity index (χ2n) is 5.55. The van der Waals surface area contributed by atoms with Crippen molar-refractivity contribution in [2.24, 2.45) is 10.7 Å². The van der Waals surface area contributed by atoms with Crippen LogP contribution in [0.3, 0.4) is 0 Å². The average molecular weight is 362 g/mol. The SMILES string of the molecule is NC1=NC(CCc2cccc(Nc3nc(Cl)ncc3Cl)c2)CC=C1. The average Bonchev–Trinajstić information content (AvgIpc) is 2.57. The van der Waals surface area contributed by atoms with E-state index in [1.165, 1.54) is 11.8 Å². The first-order valence-electron chi connectivity index (χ1n) is 7.64. The number of aryl methyl sites for hydroxylation is 1. The van der Waals surface area contributed by atoms with E-state index < -0.39 is 0 Å². The van der Waals surface area contributed by atoms with E-state index in [4.69, 9.17) is 28.9 Å². The summed E-state index contributed by atoms with van der Waals surface area (Å²) in [4.78, 5) is 12.4. The molecule has 1 aromatic heterocycles. The van der Waals surface area contributed by atoms with Gasteiger partial charge in [0.1, 0.15) is 10.9 Å². The molecule has 2 aromatic rings. The Balaban J connectivity index is 1.66. The molecular weight excluding hydrogens is 345 g/mol. The molecule has 0 saturated carbocycles. The van der Waals surface area contributed by atoms with Crippen molar-refractivity contribution in [3.63, 3.8) is 0 Å². The van der Waals surface area contributed by atoms with Crippen LogP contribution in [0.15, 0.2) is 47.6 Å². The summed E-state index contributed by atoms with van der Waals surface area (Å²) >= 11 is 11.9. The zero-order valence-corrected chi connectivity index (χ0v) is 14.4. The lowest BCUT2D eigenvalue weighted by Gasteiger charge is -2.15. The van der Waals surface area contributed by atoms with Crippen molar-refractivity contribution in [1.29, 1.82) is 0 Å². The number of nitrogens with one attached hydrogen (secondary N) is 1. The highest BCUT2D eigenvalue weighted by Gasteiger charge is 2.10. The fourth-order valence-corrected chi connectivity index (χ4v) is 2.81. The Bertz CT molecular complexity index is 788. The highest BCUT2D eigenvalue weighted by atomic mass is 35.5. The fraction of sp³-hybridized carbons (Fsp3) is 0.235. The Hall–Kier alpha value is -2.11. The number of aromatic nitrogens is 2. The Morgan fingerprint density at radius 1 is 1.29 bits per heavy atom. The quantitative estimate of drug-likeness (QED) is 0.784. The van der Waals surface area contributed by atoms with Crippen molar-refractivity contribution in [2.75, 3.05) is 5.32 Å². The first kappa shape index (κ1) is 16.7. The second-order valence-corrected chi connectivity index (χ2v) is 6.29. The number of hydrogen-bond donors (Lipinski definition) is 2. The van der Waals surface area contributed by atoms with Crippen LogP contribution in [0.2, 0.25) is 10.3 Å². The van der Waals surface area contributed by atoms with E-state index in [9.17, 15) is 0 Å². The molecule has 1 atom stereocenters. The van der Waals surface area contributed by atoms with E-state index in [0.29, 0.717) is 16.7 Å². The zero-order chi connectivity index (χ0) is 16.9. The van der Waals surface area contributed by atoms with Gasteiger partial charge in [-0.1, -0.05) is 29.8 Å². The molecule has 0 amide bonds. The maximum absolute atomic E-state index is 6.08. The van der Waals surface area contributed by atoms with Crippen molar-refractivity contribution < 1.29 is 0 Å². The minimum absolute atomic E-state index is 0.152. The molecule has 5 nitrogen and oxygen atoms in total. The van der Waals surface area contributed by atoms with E-state index in [1.807, 2.05) is 18.2 Å². The van der Waals surface area contributed by atoms with Crippen LogP contribution in [0.25, 0.3) is 0 Å². The Morgan fingerprint density at radius 3 is 3.00 bits per heavy atom. The molecule has 124 valence electrons. The topological polar surface area (TPSA) is 76.2 Å². The van der Waals surface area contributed by atoms with Gasteiger partial charge >= 0.3 is 0 Å². The standard InChI is InChI=1S/C17H17Cl2N5/c18-14-10-21-17(19)24-16(14)23-13-5-1-3-11(9-13)7-8-12-4-2-6-15(20)22-12/h1-3,5-6,9-10,12H,4,7-8H2,(H2,20,22)(H,21,23,24). The van der Waals surface area contributed by atoms with Crippen molar-refractivity contribution in [2.45, 2.75) is 25.3 Å². The molecule has 1 aliphatic rings. The van der Waals surface area contributed by atoms with Crippen LogP contribution in [-0.2, 0) is 6.42 Å². The molecule has 3 N–H and O–H groups in total. The molecule has 1 unspecified atom stereocenters. The molecule has 0 bridgehead atoms. The van der Waals surface area contributed by atoms with E-state index in [2.05, 4.69) is 38.5 Å². The molecule has 1 aromatic carbocycles. The third-order valence-corrected chi connectivity index (χ3v) is 4.16. The van der Waals surface area contributed by atoms with Crippen molar-refractivity contribution >= 4 is 40.5 Å². The first-order chi connectivity index (χ1) is 11.6. The summed E-state index contributed by atoms with van der Waals surface area (Å²) in [5.41, 5.74) is 7.86. The highest BCUT2D eigenvalue weighted by molar-refractivity contribution is 6.33. The van der Waals surface area contributed by atoms with Crippen LogP contribution < -0.4 is 11.1 Å². The van der Waals surface area contributed by atoms with Crippen LogP contribution in [-0.4, -0.2) is 21.8 Å². The third-order valence-electron chi connectivity index (χ3n) is 3.70. The molecule has 3 rings (SSSR count). The predicted octanol–water partition coefficient (Wildman–Crippen LogP) is 4.15. The third kappa shape index (κ3) is 4.46. The number of dihydropyridines is 1. The van der Waals surface area contributed by atoms with Crippen LogP contribution in [0.5, 0.6) is 0 Å². The van der Waals surface area contributed by atoms with Crippen molar-refractivity contribution in [3.8, 4) is 0 Å². The predicted molar refractivity (Wildman–Crippen MR) is 99.3 cm³/mol. The van der Waals surface area contributed by atoms with Gasteiger partial charge in [-0.25, -0.2) is 4.98 Å². The highest BCUT2D eigenvalue weighted by Crippen LogP contribution is 2.24. The first-order valence-corrected chi connectivity index (χ1v) is 8.39. The molecule has 1 aliphatic heterocycles. The van der Waals surface area contributed by atoms with E-state index in [-0.39, 0.29) is 11.3 Å². The summed E-state index contributed by atoms with van der Waals surface area (Å²) in [6, 6.07) is 8.35. The van der Waals surface area contributed by atoms with Gasteiger partial charge in [-0.05, 0) is 54.6 Å². The molecule has 2 heterocycles. The smallest absolute Gasteiger partial charge is 0.224 e. The van der Waals surface area contributed by atoms with Gasteiger partial charge in [-0.15, -0.1) is 0 Å². The Morgan fingerprint density at radius 2 is 2.17 bits per heavy atom. The number of nitrogens with two attached hydrogens (primary N) is 1. The summed E-state index contributed by atoms with van der Waals surface area (Å²) in [6.07, 6.45) is 8.22. The summed E-state index contributed by atoms with van der Waals surface area (Å²) in [5, 5.41) is 3.74.